The fourth-order valence-electron chi connectivity index (χ4n) is 1.92. The van der Waals surface area contributed by atoms with Crippen LogP contribution in [0.1, 0.15) is 29.7 Å². The van der Waals surface area contributed by atoms with Crippen LogP contribution in [-0.2, 0) is 9.53 Å². The molecule has 1 aromatic heterocycles. The number of benzene rings is 1. The second kappa shape index (κ2) is 4.60. The van der Waals surface area contributed by atoms with E-state index in [0.29, 0.717) is 28.5 Å². The lowest BCUT2D eigenvalue weighted by Gasteiger charge is -2.08. The second-order valence-electron chi connectivity index (χ2n) is 3.79. The van der Waals surface area contributed by atoms with E-state index in [0.717, 1.165) is 5.56 Å². The molecule has 0 radical (unpaired) electrons. The number of nitrogens with zero attached hydrogens (tertiary/aromatic N) is 2. The summed E-state index contributed by atoms with van der Waals surface area (Å²) in [5.41, 5.74) is 2.21. The third kappa shape index (κ3) is 1.79. The van der Waals surface area contributed by atoms with Gasteiger partial charge in [-0.15, -0.1) is 0 Å². The normalized spacial score (nSPS) is 11.5. The fourth-order valence-corrected chi connectivity index (χ4v) is 1.92. The Bertz CT molecular complexity index is 689. The van der Waals surface area contributed by atoms with Crippen LogP contribution in [0.5, 0.6) is 0 Å². The number of aromatic nitrogens is 1. The van der Waals surface area contributed by atoms with Crippen molar-refractivity contribution >= 4 is 17.4 Å². The highest BCUT2D eigenvalue weighted by Gasteiger charge is 2.16. The van der Waals surface area contributed by atoms with Gasteiger partial charge in [0.2, 0.25) is 0 Å². The fraction of sp³-hybridized carbons (Fsp3) is 0.154. The number of hydrogen-bond donors (Lipinski definition) is 1. The molecule has 0 saturated carbocycles. The summed E-state index contributed by atoms with van der Waals surface area (Å²) >= 11 is 0. The third-order valence-corrected chi connectivity index (χ3v) is 2.76. The molecular weight excluding hydrogens is 230 g/mol. The highest BCUT2D eigenvalue weighted by molar-refractivity contribution is 5.90. The van der Waals surface area contributed by atoms with Crippen LogP contribution in [0.25, 0.3) is 10.9 Å². The van der Waals surface area contributed by atoms with Crippen molar-refractivity contribution in [1.29, 1.82) is 10.5 Å². The Kier molecular flexibility index (Phi) is 2.99. The number of ether oxygens (including phenoxy) is 1. The lowest BCUT2D eigenvalue weighted by atomic mass is 10.0. The van der Waals surface area contributed by atoms with Gasteiger partial charge < -0.3 is 9.72 Å². The zero-order valence-corrected chi connectivity index (χ0v) is 9.60. The molecule has 0 aliphatic heterocycles. The van der Waals surface area contributed by atoms with Gasteiger partial charge >= 0.3 is 0 Å². The van der Waals surface area contributed by atoms with E-state index in [1.807, 2.05) is 6.07 Å². The zero-order chi connectivity index (χ0) is 13.1. The van der Waals surface area contributed by atoms with Gasteiger partial charge in [0.25, 0.3) is 6.47 Å². The summed E-state index contributed by atoms with van der Waals surface area (Å²) in [7, 11) is 0. The first-order valence-electron chi connectivity index (χ1n) is 5.25. The minimum Gasteiger partial charge on any atom is -0.460 e. The first-order valence-corrected chi connectivity index (χ1v) is 5.25. The molecule has 0 saturated heterocycles. The van der Waals surface area contributed by atoms with Crippen molar-refractivity contribution in [3.05, 3.63) is 35.0 Å². The molecule has 0 aliphatic carbocycles. The van der Waals surface area contributed by atoms with E-state index in [1.165, 1.54) is 6.07 Å². The van der Waals surface area contributed by atoms with E-state index in [-0.39, 0.29) is 0 Å². The van der Waals surface area contributed by atoms with Crippen molar-refractivity contribution in [1.82, 2.24) is 4.98 Å². The molecule has 0 fully saturated rings. The van der Waals surface area contributed by atoms with Gasteiger partial charge in [-0.05, 0) is 19.1 Å². The Labute approximate surface area is 103 Å². The van der Waals surface area contributed by atoms with Gasteiger partial charge in [-0.1, -0.05) is 0 Å². The maximum Gasteiger partial charge on any atom is 0.293 e. The molecule has 88 valence electrons. The molecule has 1 aromatic carbocycles. The number of H-pyrrole nitrogens is 1. The van der Waals surface area contributed by atoms with Crippen molar-refractivity contribution in [2.24, 2.45) is 0 Å². The van der Waals surface area contributed by atoms with Crippen LogP contribution >= 0.6 is 0 Å². The Balaban J connectivity index is 2.70. The summed E-state index contributed by atoms with van der Waals surface area (Å²) in [5, 5.41) is 18.7. The molecule has 1 heterocycles. The molecule has 0 aliphatic rings. The molecule has 1 unspecified atom stereocenters. The average molecular weight is 239 g/mol. The highest BCUT2D eigenvalue weighted by Crippen LogP contribution is 2.29. The van der Waals surface area contributed by atoms with Gasteiger partial charge in [0.1, 0.15) is 6.10 Å². The summed E-state index contributed by atoms with van der Waals surface area (Å²) in [6, 6.07) is 7.23. The monoisotopic (exact) mass is 239 g/mol. The average Bonchev–Trinajstić information content (AvgIpc) is 2.81. The molecule has 2 rings (SSSR count). The Hall–Kier alpha value is -2.79. The summed E-state index contributed by atoms with van der Waals surface area (Å²) in [6.45, 7) is 2.09. The molecule has 0 amide bonds. The molecule has 5 nitrogen and oxygen atoms in total. The van der Waals surface area contributed by atoms with Crippen LogP contribution in [0.2, 0.25) is 0 Å². The van der Waals surface area contributed by atoms with Gasteiger partial charge in [-0.25, -0.2) is 0 Å². The predicted octanol–water partition coefficient (Wildman–Crippen LogP) is 2.15. The van der Waals surface area contributed by atoms with Crippen molar-refractivity contribution in [3.8, 4) is 12.1 Å². The maximum atomic E-state index is 10.4. The van der Waals surface area contributed by atoms with Crippen molar-refractivity contribution in [2.45, 2.75) is 13.0 Å². The predicted molar refractivity (Wildman–Crippen MR) is 63.3 cm³/mol. The Morgan fingerprint density at radius 3 is 2.78 bits per heavy atom. The molecule has 18 heavy (non-hydrogen) atoms. The van der Waals surface area contributed by atoms with E-state index < -0.39 is 6.10 Å². The largest absolute Gasteiger partial charge is 0.460 e. The zero-order valence-electron chi connectivity index (χ0n) is 9.60. The van der Waals surface area contributed by atoms with E-state index in [9.17, 15) is 4.79 Å². The van der Waals surface area contributed by atoms with Crippen LogP contribution in [-0.4, -0.2) is 11.5 Å². The van der Waals surface area contributed by atoms with Gasteiger partial charge in [0, 0.05) is 22.7 Å². The molecule has 1 atom stereocenters. The minimum absolute atomic E-state index is 0.374. The van der Waals surface area contributed by atoms with E-state index >= 15 is 0 Å². The van der Waals surface area contributed by atoms with Gasteiger partial charge in [0.15, 0.2) is 0 Å². The summed E-state index contributed by atoms with van der Waals surface area (Å²) < 4.78 is 4.88. The molecule has 5 heteroatoms. The number of fused-ring (bicyclic) bond motifs is 1. The molecule has 0 spiro atoms. The Morgan fingerprint density at radius 2 is 2.17 bits per heavy atom. The van der Waals surface area contributed by atoms with Crippen molar-refractivity contribution in [2.75, 3.05) is 0 Å². The quantitative estimate of drug-likeness (QED) is 0.831. The van der Waals surface area contributed by atoms with Gasteiger partial charge in [0.05, 0.1) is 23.3 Å². The van der Waals surface area contributed by atoms with E-state index in [4.69, 9.17) is 15.3 Å². The number of carbonyl (C=O) groups is 1. The highest BCUT2D eigenvalue weighted by atomic mass is 16.5. The number of nitriles is 2. The maximum absolute atomic E-state index is 10.4. The standard InChI is InChI=1S/C13H9N3O2/c1-8(18-7-17)11-6-16-12-3-9(4-14)2-10(5-15)13(11)12/h2-3,6-8,16H,1H3. The van der Waals surface area contributed by atoms with Crippen LogP contribution in [0.15, 0.2) is 18.3 Å². The number of hydrogen-bond acceptors (Lipinski definition) is 4. The first kappa shape index (κ1) is 11.7. The van der Waals surface area contributed by atoms with Gasteiger partial charge in [-0.2, -0.15) is 10.5 Å². The van der Waals surface area contributed by atoms with Crippen molar-refractivity contribution in [3.63, 3.8) is 0 Å². The SMILES string of the molecule is CC(OC=O)c1c[nH]c2cc(C#N)cc(C#N)c12. The molecule has 0 bridgehead atoms. The number of nitrogens with one attached hydrogen (secondary N) is 1. The molecular formula is C13H9N3O2. The van der Waals surface area contributed by atoms with Crippen LogP contribution in [0, 0.1) is 22.7 Å². The summed E-state index contributed by atoms with van der Waals surface area (Å²) in [5.74, 6) is 0. The smallest absolute Gasteiger partial charge is 0.293 e. The second-order valence-corrected chi connectivity index (χ2v) is 3.79. The first-order chi connectivity index (χ1) is 8.71. The third-order valence-electron chi connectivity index (χ3n) is 2.76. The Morgan fingerprint density at radius 1 is 1.39 bits per heavy atom. The van der Waals surface area contributed by atoms with Crippen LogP contribution in [0.3, 0.4) is 0 Å². The lowest BCUT2D eigenvalue weighted by molar-refractivity contribution is -0.133. The number of carbonyl (C=O) groups excluding carboxylic acids is 1. The van der Waals surface area contributed by atoms with Gasteiger partial charge in [-0.3, -0.25) is 4.79 Å². The lowest BCUT2D eigenvalue weighted by Crippen LogP contribution is -1.97. The van der Waals surface area contributed by atoms with Crippen molar-refractivity contribution < 1.29 is 9.53 Å². The van der Waals surface area contributed by atoms with E-state index in [1.54, 1.807) is 19.2 Å². The number of rotatable bonds is 3. The summed E-state index contributed by atoms with van der Waals surface area (Å²) in [6.07, 6.45) is 1.23. The topological polar surface area (TPSA) is 89.7 Å². The molecule has 1 N–H and O–H groups in total. The minimum atomic E-state index is -0.448. The van der Waals surface area contributed by atoms with E-state index in [2.05, 4.69) is 11.1 Å². The number of aromatic amines is 1. The summed E-state index contributed by atoms with van der Waals surface area (Å²) in [4.78, 5) is 13.3. The van der Waals surface area contributed by atoms with Crippen LogP contribution in [0.4, 0.5) is 0 Å². The molecule has 2 aromatic rings. The van der Waals surface area contributed by atoms with Crippen LogP contribution < -0.4 is 0 Å².